The van der Waals surface area contributed by atoms with Crippen molar-refractivity contribution in [3.8, 4) is 11.8 Å². The molecular formula is C21H25N3O4. The Balaban J connectivity index is 1.35. The van der Waals surface area contributed by atoms with E-state index in [4.69, 9.17) is 14.2 Å². The van der Waals surface area contributed by atoms with Crippen LogP contribution in [0.5, 0.6) is 11.8 Å². The van der Waals surface area contributed by atoms with Crippen LogP contribution in [0.4, 0.5) is 0 Å². The van der Waals surface area contributed by atoms with Gasteiger partial charge in [-0.25, -0.2) is 9.97 Å². The van der Waals surface area contributed by atoms with Crippen LogP contribution in [0.2, 0.25) is 0 Å². The molecule has 7 nitrogen and oxygen atoms in total. The van der Waals surface area contributed by atoms with Gasteiger partial charge in [-0.3, -0.25) is 4.79 Å². The lowest BCUT2D eigenvalue weighted by Gasteiger charge is -2.45. The number of carbonyl (C=O) groups excluding carboxylic acids is 1. The van der Waals surface area contributed by atoms with Crippen LogP contribution in [0, 0.1) is 0 Å². The second-order valence-electron chi connectivity index (χ2n) is 7.31. The maximum Gasteiger partial charge on any atom is 0.255 e. The van der Waals surface area contributed by atoms with E-state index >= 15 is 0 Å². The molecule has 0 bridgehead atoms. The second-order valence-corrected chi connectivity index (χ2v) is 7.31. The topological polar surface area (TPSA) is 73.8 Å². The van der Waals surface area contributed by atoms with Gasteiger partial charge in [0, 0.05) is 50.5 Å². The minimum Gasteiger partial charge on any atom is -0.481 e. The average molecular weight is 383 g/mol. The third kappa shape index (κ3) is 4.09. The van der Waals surface area contributed by atoms with Gasteiger partial charge >= 0.3 is 0 Å². The van der Waals surface area contributed by atoms with Gasteiger partial charge in [-0.05, 0) is 25.0 Å². The maximum atomic E-state index is 12.7. The minimum atomic E-state index is -0.216. The summed E-state index contributed by atoms with van der Waals surface area (Å²) in [6.07, 6.45) is 6.71. The van der Waals surface area contributed by atoms with Gasteiger partial charge in [0.15, 0.2) is 0 Å². The van der Waals surface area contributed by atoms with Crippen LogP contribution in [-0.4, -0.2) is 59.3 Å². The number of aromatic nitrogens is 2. The van der Waals surface area contributed by atoms with Crippen LogP contribution in [-0.2, 0) is 4.74 Å². The van der Waals surface area contributed by atoms with Crippen LogP contribution in [0.1, 0.15) is 36.0 Å². The number of hydrogen-bond donors (Lipinski definition) is 0. The smallest absolute Gasteiger partial charge is 0.255 e. The minimum absolute atomic E-state index is 0.00194. The Kier molecular flexibility index (Phi) is 5.43. The summed E-state index contributed by atoms with van der Waals surface area (Å²) >= 11 is 0. The number of pyridine rings is 2. The molecular weight excluding hydrogens is 358 g/mol. The van der Waals surface area contributed by atoms with Crippen molar-refractivity contribution in [1.29, 1.82) is 0 Å². The number of methoxy groups -OCH3 is 1. The molecule has 4 rings (SSSR count). The predicted octanol–water partition coefficient (Wildman–Crippen LogP) is 2.72. The highest BCUT2D eigenvalue weighted by atomic mass is 16.5. The maximum absolute atomic E-state index is 12.7. The van der Waals surface area contributed by atoms with E-state index in [0.29, 0.717) is 37.0 Å². The van der Waals surface area contributed by atoms with E-state index in [1.807, 2.05) is 23.1 Å². The molecule has 0 saturated carbocycles. The summed E-state index contributed by atoms with van der Waals surface area (Å²) in [5.74, 6) is 1.16. The van der Waals surface area contributed by atoms with Crippen molar-refractivity contribution < 1.29 is 19.0 Å². The van der Waals surface area contributed by atoms with E-state index < -0.39 is 0 Å². The number of rotatable bonds is 4. The van der Waals surface area contributed by atoms with E-state index in [9.17, 15) is 4.79 Å². The molecule has 2 fully saturated rings. The van der Waals surface area contributed by atoms with Crippen LogP contribution in [0.15, 0.2) is 42.7 Å². The molecule has 0 N–H and O–H groups in total. The molecule has 0 radical (unpaired) electrons. The van der Waals surface area contributed by atoms with Crippen LogP contribution >= 0.6 is 0 Å². The summed E-state index contributed by atoms with van der Waals surface area (Å²) in [6.45, 7) is 2.01. The van der Waals surface area contributed by atoms with E-state index in [2.05, 4.69) is 9.97 Å². The fraction of sp³-hybridized carbons (Fsp3) is 0.476. The van der Waals surface area contributed by atoms with E-state index in [1.54, 1.807) is 31.6 Å². The molecule has 1 atom stereocenters. The van der Waals surface area contributed by atoms with E-state index in [-0.39, 0.29) is 17.6 Å². The third-order valence-corrected chi connectivity index (χ3v) is 5.53. The molecule has 0 aliphatic carbocycles. The molecule has 28 heavy (non-hydrogen) atoms. The number of piperidine rings is 1. The zero-order valence-corrected chi connectivity index (χ0v) is 16.0. The zero-order valence-electron chi connectivity index (χ0n) is 16.0. The Morgan fingerprint density at radius 2 is 2.04 bits per heavy atom. The number of amides is 1. The number of nitrogens with zero attached hydrogens (tertiary/aromatic N) is 3. The Bertz CT molecular complexity index is 789. The molecule has 1 amide bonds. The molecule has 4 heterocycles. The average Bonchev–Trinajstić information content (AvgIpc) is 2.75. The molecule has 1 spiro atoms. The Labute approximate surface area is 164 Å². The van der Waals surface area contributed by atoms with Gasteiger partial charge in [-0.2, -0.15) is 0 Å². The zero-order chi connectivity index (χ0) is 19.4. The van der Waals surface area contributed by atoms with Gasteiger partial charge in [0.1, 0.15) is 6.10 Å². The summed E-state index contributed by atoms with van der Waals surface area (Å²) in [5, 5.41) is 0. The molecule has 2 aromatic rings. The number of ether oxygens (including phenoxy) is 3. The normalized spacial score (nSPS) is 21.3. The van der Waals surface area contributed by atoms with Gasteiger partial charge in [0.2, 0.25) is 11.8 Å². The molecule has 2 saturated heterocycles. The first-order valence-corrected chi connectivity index (χ1v) is 9.68. The summed E-state index contributed by atoms with van der Waals surface area (Å²) in [6, 6.07) is 9.15. The van der Waals surface area contributed by atoms with Gasteiger partial charge in [-0.1, -0.05) is 6.07 Å². The van der Waals surface area contributed by atoms with E-state index in [1.165, 1.54) is 0 Å². The van der Waals surface area contributed by atoms with Crippen molar-refractivity contribution in [2.45, 2.75) is 37.4 Å². The quantitative estimate of drug-likeness (QED) is 0.808. The van der Waals surface area contributed by atoms with Crippen molar-refractivity contribution >= 4 is 5.91 Å². The standard InChI is InChI=1S/C21H25N3O4/c1-26-18-6-5-16(15-23-18)20(25)24-11-8-21(9-12-24)14-17(7-13-27-21)28-19-4-2-3-10-22-19/h2-6,10,15,17H,7-9,11-14H2,1H3. The molecule has 0 aromatic carbocycles. The van der Waals surface area contributed by atoms with Gasteiger partial charge in [-0.15, -0.1) is 0 Å². The largest absolute Gasteiger partial charge is 0.481 e. The van der Waals surface area contributed by atoms with Crippen molar-refractivity contribution in [2.24, 2.45) is 0 Å². The monoisotopic (exact) mass is 383 g/mol. The molecule has 2 aliphatic heterocycles. The Morgan fingerprint density at radius 3 is 2.71 bits per heavy atom. The predicted molar refractivity (Wildman–Crippen MR) is 102 cm³/mol. The van der Waals surface area contributed by atoms with Crippen molar-refractivity contribution in [2.75, 3.05) is 26.8 Å². The summed E-state index contributed by atoms with van der Waals surface area (Å²) in [5.41, 5.74) is 0.366. The molecule has 2 aromatic heterocycles. The van der Waals surface area contributed by atoms with Gasteiger partial charge in [0.25, 0.3) is 5.91 Å². The number of hydrogen-bond acceptors (Lipinski definition) is 6. The molecule has 1 unspecified atom stereocenters. The molecule has 7 heteroatoms. The third-order valence-electron chi connectivity index (χ3n) is 5.53. The highest BCUT2D eigenvalue weighted by Gasteiger charge is 2.42. The van der Waals surface area contributed by atoms with Gasteiger partial charge < -0.3 is 19.1 Å². The fourth-order valence-electron chi connectivity index (χ4n) is 3.95. The van der Waals surface area contributed by atoms with Crippen molar-refractivity contribution in [3.63, 3.8) is 0 Å². The summed E-state index contributed by atoms with van der Waals surface area (Å²) in [4.78, 5) is 23.0. The lowest BCUT2D eigenvalue weighted by Crippen LogP contribution is -2.52. The number of likely N-dealkylation sites (tertiary alicyclic amines) is 1. The SMILES string of the molecule is COc1ccc(C(=O)N2CCC3(CC2)CC(Oc2ccccn2)CCO3)cn1. The van der Waals surface area contributed by atoms with Crippen LogP contribution in [0.3, 0.4) is 0 Å². The highest BCUT2D eigenvalue weighted by Crippen LogP contribution is 2.36. The molecule has 148 valence electrons. The number of carbonyl (C=O) groups is 1. The van der Waals surface area contributed by atoms with E-state index in [0.717, 1.165) is 25.7 Å². The lowest BCUT2D eigenvalue weighted by atomic mass is 9.83. The van der Waals surface area contributed by atoms with Crippen molar-refractivity contribution in [1.82, 2.24) is 14.9 Å². The Morgan fingerprint density at radius 1 is 1.18 bits per heavy atom. The highest BCUT2D eigenvalue weighted by molar-refractivity contribution is 5.94. The lowest BCUT2D eigenvalue weighted by molar-refractivity contribution is -0.135. The fourth-order valence-corrected chi connectivity index (χ4v) is 3.95. The Hall–Kier alpha value is -2.67. The first-order valence-electron chi connectivity index (χ1n) is 9.68. The van der Waals surface area contributed by atoms with Crippen LogP contribution < -0.4 is 9.47 Å². The second kappa shape index (κ2) is 8.14. The van der Waals surface area contributed by atoms with Gasteiger partial charge in [0.05, 0.1) is 24.9 Å². The summed E-state index contributed by atoms with van der Waals surface area (Å²) < 4.78 is 17.3. The first-order chi connectivity index (χ1) is 13.7. The summed E-state index contributed by atoms with van der Waals surface area (Å²) in [7, 11) is 1.56. The molecule has 2 aliphatic rings. The van der Waals surface area contributed by atoms with Crippen molar-refractivity contribution in [3.05, 3.63) is 48.3 Å². The van der Waals surface area contributed by atoms with Crippen LogP contribution in [0.25, 0.3) is 0 Å². The first kappa shape index (κ1) is 18.7.